The van der Waals surface area contributed by atoms with Crippen LogP contribution < -0.4 is 0 Å². The summed E-state index contributed by atoms with van der Waals surface area (Å²) in [7, 11) is 0. The molecular formula is C16H24O9S. The SMILES string of the molecule is CCS[C@H]1OC(COC(C)=O)[C@@H](OC(C)=O)C(OC(C)=O)C1OC(C)=O. The highest BCUT2D eigenvalue weighted by atomic mass is 32.2. The van der Waals surface area contributed by atoms with Crippen LogP contribution >= 0.6 is 11.8 Å². The average molecular weight is 392 g/mol. The molecule has 0 aromatic rings. The highest BCUT2D eigenvalue weighted by molar-refractivity contribution is 7.99. The summed E-state index contributed by atoms with van der Waals surface area (Å²) < 4.78 is 26.7. The van der Waals surface area contributed by atoms with Crippen molar-refractivity contribution in [2.45, 2.75) is 64.5 Å². The summed E-state index contributed by atoms with van der Waals surface area (Å²) in [4.78, 5) is 45.8. The van der Waals surface area contributed by atoms with Crippen LogP contribution in [0.25, 0.3) is 0 Å². The van der Waals surface area contributed by atoms with E-state index in [2.05, 4.69) is 0 Å². The molecule has 0 aliphatic carbocycles. The zero-order valence-corrected chi connectivity index (χ0v) is 16.2. The van der Waals surface area contributed by atoms with Gasteiger partial charge in [0.05, 0.1) is 0 Å². The van der Waals surface area contributed by atoms with E-state index in [0.717, 1.165) is 0 Å². The van der Waals surface area contributed by atoms with E-state index < -0.39 is 53.7 Å². The highest BCUT2D eigenvalue weighted by Crippen LogP contribution is 2.34. The first-order chi connectivity index (χ1) is 12.1. The van der Waals surface area contributed by atoms with Crippen LogP contribution in [0.5, 0.6) is 0 Å². The third-order valence-electron chi connectivity index (χ3n) is 3.28. The van der Waals surface area contributed by atoms with Crippen LogP contribution in [-0.2, 0) is 42.9 Å². The molecule has 1 heterocycles. The van der Waals surface area contributed by atoms with Crippen molar-refractivity contribution in [3.05, 3.63) is 0 Å². The number of esters is 4. The second kappa shape index (κ2) is 10.4. The molecule has 148 valence electrons. The Bertz CT molecular complexity index is 536. The molecule has 0 aromatic heterocycles. The largest absolute Gasteiger partial charge is 0.463 e. The quantitative estimate of drug-likeness (QED) is 0.455. The first kappa shape index (κ1) is 22.2. The van der Waals surface area contributed by atoms with E-state index in [4.69, 9.17) is 23.7 Å². The summed E-state index contributed by atoms with van der Waals surface area (Å²) in [6.07, 6.45) is -4.07. The van der Waals surface area contributed by atoms with Crippen LogP contribution in [0.3, 0.4) is 0 Å². The third kappa shape index (κ3) is 6.83. The second-order valence-corrected chi connectivity index (χ2v) is 6.90. The number of hydrogen-bond donors (Lipinski definition) is 0. The van der Waals surface area contributed by atoms with Crippen LogP contribution in [0.2, 0.25) is 0 Å². The Balaban J connectivity index is 3.22. The maximum Gasteiger partial charge on any atom is 0.303 e. The molecule has 0 amide bonds. The van der Waals surface area contributed by atoms with Gasteiger partial charge in [0.25, 0.3) is 0 Å². The van der Waals surface area contributed by atoms with Gasteiger partial charge in [-0.2, -0.15) is 0 Å². The Labute approximate surface area is 156 Å². The van der Waals surface area contributed by atoms with Crippen LogP contribution in [0.15, 0.2) is 0 Å². The molecule has 26 heavy (non-hydrogen) atoms. The molecule has 10 heteroatoms. The van der Waals surface area contributed by atoms with E-state index in [-0.39, 0.29) is 6.61 Å². The molecule has 1 rings (SSSR count). The van der Waals surface area contributed by atoms with E-state index in [9.17, 15) is 19.2 Å². The van der Waals surface area contributed by atoms with Gasteiger partial charge < -0.3 is 23.7 Å². The van der Waals surface area contributed by atoms with E-state index in [1.165, 1.54) is 39.5 Å². The monoisotopic (exact) mass is 392 g/mol. The number of thioether (sulfide) groups is 1. The zero-order chi connectivity index (χ0) is 19.9. The van der Waals surface area contributed by atoms with Crippen molar-refractivity contribution in [1.82, 2.24) is 0 Å². The van der Waals surface area contributed by atoms with E-state index in [1.54, 1.807) is 0 Å². The predicted molar refractivity (Wildman–Crippen MR) is 90.1 cm³/mol. The molecule has 9 nitrogen and oxygen atoms in total. The summed E-state index contributed by atoms with van der Waals surface area (Å²) in [5.74, 6) is -1.81. The van der Waals surface area contributed by atoms with Crippen molar-refractivity contribution in [2.24, 2.45) is 0 Å². The summed E-state index contributed by atoms with van der Waals surface area (Å²) >= 11 is 1.32. The molecule has 1 saturated heterocycles. The van der Waals surface area contributed by atoms with E-state index >= 15 is 0 Å². The summed E-state index contributed by atoms with van der Waals surface area (Å²) in [5, 5.41) is 0. The standard InChI is InChI=1S/C16H24O9S/c1-6-26-16-15(24-11(5)20)14(23-10(4)19)13(22-9(3)18)12(25-16)7-21-8(2)17/h12-16H,6-7H2,1-5H3/t12?,13-,14?,15?,16-/m1/s1. The minimum Gasteiger partial charge on any atom is -0.463 e. The van der Waals surface area contributed by atoms with Crippen molar-refractivity contribution in [3.63, 3.8) is 0 Å². The Morgan fingerprint density at radius 2 is 1.31 bits per heavy atom. The Hall–Kier alpha value is -1.81. The van der Waals surface area contributed by atoms with Gasteiger partial charge >= 0.3 is 23.9 Å². The van der Waals surface area contributed by atoms with Crippen LogP contribution in [0, 0.1) is 0 Å². The second-order valence-electron chi connectivity index (χ2n) is 5.52. The fourth-order valence-corrected chi connectivity index (χ4v) is 3.44. The first-order valence-corrected chi connectivity index (χ1v) is 9.12. The van der Waals surface area contributed by atoms with Crippen molar-refractivity contribution < 1.29 is 42.9 Å². The number of rotatable bonds is 7. The maximum atomic E-state index is 11.6. The molecule has 0 bridgehead atoms. The maximum absolute atomic E-state index is 11.6. The fourth-order valence-electron chi connectivity index (χ4n) is 2.49. The van der Waals surface area contributed by atoms with E-state index in [1.807, 2.05) is 6.92 Å². The van der Waals surface area contributed by atoms with Gasteiger partial charge in [-0.25, -0.2) is 0 Å². The summed E-state index contributed by atoms with van der Waals surface area (Å²) in [6, 6.07) is 0. The number of carbonyl (C=O) groups is 4. The van der Waals surface area contributed by atoms with Crippen LogP contribution in [0.1, 0.15) is 34.6 Å². The van der Waals surface area contributed by atoms with Gasteiger partial charge in [-0.05, 0) is 5.75 Å². The van der Waals surface area contributed by atoms with Crippen LogP contribution in [0.4, 0.5) is 0 Å². The third-order valence-corrected chi connectivity index (χ3v) is 4.32. The molecule has 0 N–H and O–H groups in total. The van der Waals surface area contributed by atoms with Crippen molar-refractivity contribution in [3.8, 4) is 0 Å². The van der Waals surface area contributed by atoms with Gasteiger partial charge in [0, 0.05) is 27.7 Å². The molecule has 1 aliphatic rings. The van der Waals surface area contributed by atoms with Crippen molar-refractivity contribution in [2.75, 3.05) is 12.4 Å². The van der Waals surface area contributed by atoms with Gasteiger partial charge in [0.1, 0.15) is 18.1 Å². The lowest BCUT2D eigenvalue weighted by atomic mass is 9.99. The topological polar surface area (TPSA) is 114 Å². The van der Waals surface area contributed by atoms with Gasteiger partial charge in [0.15, 0.2) is 18.3 Å². The summed E-state index contributed by atoms with van der Waals surface area (Å²) in [5.41, 5.74) is -0.694. The molecule has 0 spiro atoms. The minimum absolute atomic E-state index is 0.210. The van der Waals surface area contributed by atoms with Crippen LogP contribution in [-0.4, -0.2) is 66.1 Å². The lowest BCUT2D eigenvalue weighted by Crippen LogP contribution is -2.61. The predicted octanol–water partition coefficient (Wildman–Crippen LogP) is 0.823. The smallest absolute Gasteiger partial charge is 0.303 e. The number of carbonyl (C=O) groups excluding carboxylic acids is 4. The molecule has 5 atom stereocenters. The zero-order valence-electron chi connectivity index (χ0n) is 15.4. The minimum atomic E-state index is -1.10. The Morgan fingerprint density at radius 1 is 0.808 bits per heavy atom. The fraction of sp³-hybridized carbons (Fsp3) is 0.750. The Kier molecular flexibility index (Phi) is 8.86. The number of ether oxygens (including phenoxy) is 5. The molecule has 0 saturated carbocycles. The van der Waals surface area contributed by atoms with Gasteiger partial charge in [-0.3, -0.25) is 19.2 Å². The van der Waals surface area contributed by atoms with Gasteiger partial charge in [0.2, 0.25) is 0 Å². The lowest BCUT2D eigenvalue weighted by molar-refractivity contribution is -0.237. The highest BCUT2D eigenvalue weighted by Gasteiger charge is 2.52. The van der Waals surface area contributed by atoms with Gasteiger partial charge in [-0.1, -0.05) is 6.92 Å². The summed E-state index contributed by atoms with van der Waals surface area (Å²) in [6.45, 7) is 6.48. The molecule has 1 fully saturated rings. The lowest BCUT2D eigenvalue weighted by Gasteiger charge is -2.44. The molecular weight excluding hydrogens is 368 g/mol. The molecule has 3 unspecified atom stereocenters. The Morgan fingerprint density at radius 3 is 1.77 bits per heavy atom. The first-order valence-electron chi connectivity index (χ1n) is 8.07. The average Bonchev–Trinajstić information content (AvgIpc) is 2.50. The van der Waals surface area contributed by atoms with E-state index in [0.29, 0.717) is 5.75 Å². The molecule has 0 aromatic carbocycles. The molecule has 1 aliphatic heterocycles. The molecule has 0 radical (unpaired) electrons. The van der Waals surface area contributed by atoms with Crippen molar-refractivity contribution >= 4 is 35.6 Å². The van der Waals surface area contributed by atoms with Gasteiger partial charge in [-0.15, -0.1) is 11.8 Å². The number of hydrogen-bond acceptors (Lipinski definition) is 10. The van der Waals surface area contributed by atoms with Crippen molar-refractivity contribution in [1.29, 1.82) is 0 Å². The normalized spacial score (nSPS) is 28.0.